The number of aromatic nitrogens is 3. The average molecular weight is 385 g/mol. The van der Waals surface area contributed by atoms with Crippen molar-refractivity contribution in [3.8, 4) is 0 Å². The van der Waals surface area contributed by atoms with Crippen LogP contribution in [0.15, 0.2) is 91.1 Å². The minimum Gasteiger partial charge on any atom is -0.364 e. The molecule has 0 saturated heterocycles. The summed E-state index contributed by atoms with van der Waals surface area (Å²) in [5, 5.41) is 11.5. The Hall–Kier alpha value is -3.80. The van der Waals surface area contributed by atoms with Gasteiger partial charge in [-0.1, -0.05) is 66.7 Å². The number of hydrogen-bond acceptors (Lipinski definition) is 5. The van der Waals surface area contributed by atoms with Crippen molar-refractivity contribution in [3.63, 3.8) is 0 Å². The number of nitrogens with zero attached hydrogens (tertiary/aromatic N) is 4. The smallest absolute Gasteiger partial charge is 0.252 e. The molecule has 3 aromatic carbocycles. The number of halogens is 1. The van der Waals surface area contributed by atoms with Crippen molar-refractivity contribution < 1.29 is 4.39 Å². The van der Waals surface area contributed by atoms with Gasteiger partial charge in [0.2, 0.25) is 0 Å². The fraction of sp³-hybridized carbons (Fsp3) is 0.0870. The second-order valence-corrected chi connectivity index (χ2v) is 6.49. The van der Waals surface area contributed by atoms with E-state index >= 15 is 0 Å². The van der Waals surface area contributed by atoms with Gasteiger partial charge in [-0.2, -0.15) is 10.1 Å². The van der Waals surface area contributed by atoms with Gasteiger partial charge in [-0.05, 0) is 23.8 Å². The Balaban J connectivity index is 1.59. The Morgan fingerprint density at radius 3 is 2.28 bits per heavy atom. The highest BCUT2D eigenvalue weighted by atomic mass is 19.1. The second kappa shape index (κ2) is 8.93. The summed E-state index contributed by atoms with van der Waals surface area (Å²) in [5.41, 5.74) is 2.66. The average Bonchev–Trinajstić information content (AvgIpc) is 2.78. The molecule has 1 N–H and O–H groups in total. The fourth-order valence-electron chi connectivity index (χ4n) is 2.97. The number of rotatable bonds is 7. The summed E-state index contributed by atoms with van der Waals surface area (Å²) in [4.78, 5) is 6.61. The second-order valence-electron chi connectivity index (χ2n) is 6.49. The molecule has 0 unspecified atom stereocenters. The molecule has 0 atom stereocenters. The molecule has 0 spiro atoms. The van der Waals surface area contributed by atoms with Crippen molar-refractivity contribution >= 4 is 17.5 Å². The molecule has 29 heavy (non-hydrogen) atoms. The van der Waals surface area contributed by atoms with E-state index in [2.05, 4.69) is 32.6 Å². The van der Waals surface area contributed by atoms with Crippen LogP contribution in [0.25, 0.3) is 0 Å². The van der Waals surface area contributed by atoms with E-state index < -0.39 is 0 Å². The number of para-hydroxylation sites is 1. The van der Waals surface area contributed by atoms with E-state index in [0.717, 1.165) is 11.3 Å². The summed E-state index contributed by atoms with van der Waals surface area (Å²) >= 11 is 0. The van der Waals surface area contributed by atoms with Gasteiger partial charge in [-0.3, -0.25) is 0 Å². The highest BCUT2D eigenvalue weighted by Crippen LogP contribution is 2.24. The van der Waals surface area contributed by atoms with Crippen LogP contribution in [0.2, 0.25) is 0 Å². The minimum atomic E-state index is -0.253. The van der Waals surface area contributed by atoms with E-state index in [1.807, 2.05) is 53.4 Å². The molecule has 144 valence electrons. The predicted molar refractivity (Wildman–Crippen MR) is 112 cm³/mol. The lowest BCUT2D eigenvalue weighted by Gasteiger charge is -2.22. The van der Waals surface area contributed by atoms with Crippen molar-refractivity contribution in [1.29, 1.82) is 0 Å². The van der Waals surface area contributed by atoms with Crippen LogP contribution in [-0.4, -0.2) is 15.2 Å². The highest BCUT2D eigenvalue weighted by molar-refractivity contribution is 5.58. The normalized spacial score (nSPS) is 10.5. The zero-order valence-corrected chi connectivity index (χ0v) is 15.7. The molecule has 0 fully saturated rings. The molecule has 0 aliphatic rings. The quantitative estimate of drug-likeness (QED) is 0.487. The monoisotopic (exact) mass is 385 g/mol. The van der Waals surface area contributed by atoms with Gasteiger partial charge >= 0.3 is 0 Å². The van der Waals surface area contributed by atoms with E-state index in [-0.39, 0.29) is 5.82 Å². The summed E-state index contributed by atoms with van der Waals surface area (Å²) in [7, 11) is 0. The van der Waals surface area contributed by atoms with Gasteiger partial charge in [0.05, 0.1) is 12.7 Å². The molecule has 4 rings (SSSR count). The number of nitrogens with one attached hydrogen (secondary N) is 1. The van der Waals surface area contributed by atoms with Gasteiger partial charge in [-0.25, -0.2) is 4.39 Å². The minimum absolute atomic E-state index is 0.253. The summed E-state index contributed by atoms with van der Waals surface area (Å²) < 4.78 is 13.9. The molecule has 4 aromatic rings. The van der Waals surface area contributed by atoms with Crippen molar-refractivity contribution in [2.45, 2.75) is 13.1 Å². The first-order valence-corrected chi connectivity index (χ1v) is 9.33. The summed E-state index contributed by atoms with van der Waals surface area (Å²) in [5.74, 6) is 0.753. The van der Waals surface area contributed by atoms with Gasteiger partial charge in [0.25, 0.3) is 5.95 Å². The molecule has 0 aliphatic carbocycles. The summed E-state index contributed by atoms with van der Waals surface area (Å²) in [6.45, 7) is 0.915. The number of benzene rings is 3. The zero-order valence-electron chi connectivity index (χ0n) is 15.7. The third-order valence-electron chi connectivity index (χ3n) is 4.46. The molecule has 5 nitrogen and oxygen atoms in total. The third kappa shape index (κ3) is 4.73. The molecule has 0 bridgehead atoms. The lowest BCUT2D eigenvalue weighted by Crippen LogP contribution is -2.20. The van der Waals surface area contributed by atoms with Crippen molar-refractivity contribution in [2.24, 2.45) is 0 Å². The molecule has 6 heteroatoms. The maximum Gasteiger partial charge on any atom is 0.252 e. The van der Waals surface area contributed by atoms with Gasteiger partial charge < -0.3 is 10.2 Å². The molecular weight excluding hydrogens is 365 g/mol. The highest BCUT2D eigenvalue weighted by Gasteiger charge is 2.14. The summed E-state index contributed by atoms with van der Waals surface area (Å²) in [6, 6.07) is 26.7. The SMILES string of the molecule is Fc1ccccc1CNc1cnnc(N(Cc2ccccc2)c2ccccc2)n1. The van der Waals surface area contributed by atoms with E-state index in [1.165, 1.54) is 12.3 Å². The maximum absolute atomic E-state index is 13.9. The fourth-order valence-corrected chi connectivity index (χ4v) is 2.97. The van der Waals surface area contributed by atoms with Crippen LogP contribution in [0.4, 0.5) is 21.8 Å². The van der Waals surface area contributed by atoms with Crippen LogP contribution in [0.5, 0.6) is 0 Å². The molecule has 1 heterocycles. The first-order chi connectivity index (χ1) is 14.3. The molecule has 0 saturated carbocycles. The first kappa shape index (κ1) is 18.6. The van der Waals surface area contributed by atoms with Crippen molar-refractivity contribution in [1.82, 2.24) is 15.2 Å². The van der Waals surface area contributed by atoms with Crippen LogP contribution >= 0.6 is 0 Å². The predicted octanol–water partition coefficient (Wildman–Crippen LogP) is 4.96. The van der Waals surface area contributed by atoms with E-state index in [4.69, 9.17) is 0 Å². The maximum atomic E-state index is 13.9. The molecule has 0 aliphatic heterocycles. The van der Waals surface area contributed by atoms with Gasteiger partial charge in [0.15, 0.2) is 5.82 Å². The van der Waals surface area contributed by atoms with Crippen LogP contribution < -0.4 is 10.2 Å². The molecule has 0 amide bonds. The lowest BCUT2D eigenvalue weighted by atomic mass is 10.2. The van der Waals surface area contributed by atoms with E-state index in [1.54, 1.807) is 18.2 Å². The van der Waals surface area contributed by atoms with Gasteiger partial charge in [0.1, 0.15) is 5.82 Å². The molecular formula is C23H20FN5. The van der Waals surface area contributed by atoms with Gasteiger partial charge in [0, 0.05) is 17.8 Å². The molecule has 1 aromatic heterocycles. The van der Waals surface area contributed by atoms with Crippen molar-refractivity contribution in [2.75, 3.05) is 10.2 Å². The van der Waals surface area contributed by atoms with Crippen LogP contribution in [-0.2, 0) is 13.1 Å². The Kier molecular flexibility index (Phi) is 5.71. The first-order valence-electron chi connectivity index (χ1n) is 9.33. The Labute approximate surface area is 168 Å². The van der Waals surface area contributed by atoms with Crippen LogP contribution in [0.3, 0.4) is 0 Å². The third-order valence-corrected chi connectivity index (χ3v) is 4.46. The Bertz CT molecular complexity index is 1060. The largest absolute Gasteiger partial charge is 0.364 e. The molecule has 0 radical (unpaired) electrons. The van der Waals surface area contributed by atoms with E-state index in [9.17, 15) is 4.39 Å². The van der Waals surface area contributed by atoms with Crippen molar-refractivity contribution in [3.05, 3.63) is 108 Å². The van der Waals surface area contributed by atoms with Crippen LogP contribution in [0.1, 0.15) is 11.1 Å². The summed E-state index contributed by atoms with van der Waals surface area (Å²) in [6.07, 6.45) is 1.54. The van der Waals surface area contributed by atoms with E-state index in [0.29, 0.717) is 30.4 Å². The van der Waals surface area contributed by atoms with Gasteiger partial charge in [-0.15, -0.1) is 5.10 Å². The number of anilines is 3. The Morgan fingerprint density at radius 1 is 0.828 bits per heavy atom. The number of hydrogen-bond donors (Lipinski definition) is 1. The lowest BCUT2D eigenvalue weighted by molar-refractivity contribution is 0.613. The topological polar surface area (TPSA) is 53.9 Å². The Morgan fingerprint density at radius 2 is 1.52 bits per heavy atom. The zero-order chi connectivity index (χ0) is 19.9. The van der Waals surface area contributed by atoms with Crippen LogP contribution in [0, 0.1) is 5.82 Å². The standard InChI is InChI=1S/C23H20FN5/c24-21-14-8-7-11-19(21)15-25-22-16-26-28-23(27-22)29(20-12-5-2-6-13-20)17-18-9-3-1-4-10-18/h1-14,16H,15,17H2,(H,25,27,28).